The van der Waals surface area contributed by atoms with Gasteiger partial charge in [-0.3, -0.25) is 0 Å². The van der Waals surface area contributed by atoms with Crippen molar-refractivity contribution in [1.29, 1.82) is 0 Å². The van der Waals surface area contributed by atoms with Crippen molar-refractivity contribution in [3.05, 3.63) is 34.6 Å². The maximum absolute atomic E-state index is 13.5. The van der Waals surface area contributed by atoms with Crippen LogP contribution in [0.15, 0.2) is 18.2 Å². The van der Waals surface area contributed by atoms with Gasteiger partial charge in [-0.25, -0.2) is 4.39 Å². The third-order valence-corrected chi connectivity index (χ3v) is 3.75. The lowest BCUT2D eigenvalue weighted by Gasteiger charge is -2.28. The van der Waals surface area contributed by atoms with E-state index in [0.29, 0.717) is 23.4 Å². The van der Waals surface area contributed by atoms with E-state index in [-0.39, 0.29) is 6.42 Å². The van der Waals surface area contributed by atoms with Crippen LogP contribution in [0.4, 0.5) is 4.39 Å². The Hall–Kier alpha value is -0.640. The fraction of sp³-hybridized carbons (Fsp3) is 0.538. The zero-order chi connectivity index (χ0) is 12.5. The van der Waals surface area contributed by atoms with E-state index in [1.165, 1.54) is 6.07 Å². The molecule has 17 heavy (non-hydrogen) atoms. The van der Waals surface area contributed by atoms with Gasteiger partial charge in [-0.05, 0) is 30.5 Å². The van der Waals surface area contributed by atoms with Crippen LogP contribution < -0.4 is 0 Å². The van der Waals surface area contributed by atoms with Gasteiger partial charge in [0.25, 0.3) is 0 Å². The highest BCUT2D eigenvalue weighted by atomic mass is 35.5. The van der Waals surface area contributed by atoms with Crippen LogP contribution in [-0.4, -0.2) is 21.9 Å². The molecule has 1 aromatic carbocycles. The van der Waals surface area contributed by atoms with Crippen molar-refractivity contribution in [2.75, 3.05) is 0 Å². The van der Waals surface area contributed by atoms with Crippen LogP contribution in [0.5, 0.6) is 0 Å². The molecule has 0 spiro atoms. The number of halogens is 2. The molecule has 0 heterocycles. The molecule has 1 saturated carbocycles. The minimum Gasteiger partial charge on any atom is -0.390 e. The summed E-state index contributed by atoms with van der Waals surface area (Å²) >= 11 is 5.66. The molecule has 0 radical (unpaired) electrons. The maximum atomic E-state index is 13.5. The van der Waals surface area contributed by atoms with Crippen LogP contribution in [0.2, 0.25) is 5.02 Å². The lowest BCUT2D eigenvalue weighted by molar-refractivity contribution is -0.0691. The van der Waals surface area contributed by atoms with Gasteiger partial charge in [-0.1, -0.05) is 30.5 Å². The summed E-state index contributed by atoms with van der Waals surface area (Å²) in [5.74, 6) is -0.432. The Labute approximate surface area is 105 Å². The predicted molar refractivity (Wildman–Crippen MR) is 64.5 cm³/mol. The maximum Gasteiger partial charge on any atom is 0.127 e. The van der Waals surface area contributed by atoms with Gasteiger partial charge in [-0.15, -0.1) is 0 Å². The molecule has 0 amide bonds. The van der Waals surface area contributed by atoms with Crippen molar-refractivity contribution >= 4 is 11.6 Å². The highest BCUT2D eigenvalue weighted by Gasteiger charge is 2.38. The molecular formula is C13H16ClFO2. The summed E-state index contributed by atoms with van der Waals surface area (Å²) in [6.45, 7) is 0. The molecule has 4 heteroatoms. The fourth-order valence-electron chi connectivity index (χ4n) is 2.41. The van der Waals surface area contributed by atoms with Crippen molar-refractivity contribution in [1.82, 2.24) is 0 Å². The first-order chi connectivity index (χ1) is 8.01. The molecule has 1 unspecified atom stereocenters. The van der Waals surface area contributed by atoms with Crippen LogP contribution in [0.1, 0.15) is 31.2 Å². The van der Waals surface area contributed by atoms with Gasteiger partial charge in [0.15, 0.2) is 0 Å². The Morgan fingerprint density at radius 1 is 1.35 bits per heavy atom. The molecule has 1 atom stereocenters. The van der Waals surface area contributed by atoms with E-state index in [2.05, 4.69) is 0 Å². The number of rotatable bonds is 3. The highest BCUT2D eigenvalue weighted by molar-refractivity contribution is 6.30. The quantitative estimate of drug-likeness (QED) is 0.875. The largest absolute Gasteiger partial charge is 0.390 e. The van der Waals surface area contributed by atoms with Gasteiger partial charge in [0.1, 0.15) is 5.82 Å². The Morgan fingerprint density at radius 3 is 2.59 bits per heavy atom. The number of aliphatic hydroxyl groups excluding tert-OH is 1. The van der Waals surface area contributed by atoms with E-state index in [0.717, 1.165) is 12.8 Å². The molecule has 0 saturated heterocycles. The van der Waals surface area contributed by atoms with Crippen LogP contribution in [-0.2, 0) is 6.42 Å². The van der Waals surface area contributed by atoms with Crippen molar-refractivity contribution in [3.63, 3.8) is 0 Å². The predicted octanol–water partition coefficient (Wildman–Crippen LogP) is 2.69. The van der Waals surface area contributed by atoms with Crippen molar-refractivity contribution in [2.24, 2.45) is 0 Å². The number of benzene rings is 1. The zero-order valence-electron chi connectivity index (χ0n) is 9.50. The average Bonchev–Trinajstić information content (AvgIpc) is 2.71. The minimum atomic E-state index is -1.05. The number of aliphatic hydroxyl groups is 2. The molecule has 1 aliphatic rings. The first-order valence-electron chi connectivity index (χ1n) is 5.86. The summed E-state index contributed by atoms with van der Waals surface area (Å²) < 4.78 is 13.5. The molecule has 1 aliphatic carbocycles. The lowest BCUT2D eigenvalue weighted by Crippen LogP contribution is -2.41. The van der Waals surface area contributed by atoms with Gasteiger partial charge >= 0.3 is 0 Å². The molecular weight excluding hydrogens is 243 g/mol. The topological polar surface area (TPSA) is 40.5 Å². The lowest BCUT2D eigenvalue weighted by atomic mass is 9.90. The van der Waals surface area contributed by atoms with Gasteiger partial charge in [0.05, 0.1) is 11.7 Å². The van der Waals surface area contributed by atoms with E-state index >= 15 is 0 Å². The molecule has 94 valence electrons. The molecule has 0 aromatic heterocycles. The molecule has 1 aromatic rings. The van der Waals surface area contributed by atoms with Crippen LogP contribution in [0.25, 0.3) is 0 Å². The van der Waals surface area contributed by atoms with E-state index < -0.39 is 17.5 Å². The van der Waals surface area contributed by atoms with Gasteiger partial charge in [0, 0.05) is 11.4 Å². The molecule has 0 bridgehead atoms. The molecule has 2 rings (SSSR count). The van der Waals surface area contributed by atoms with Crippen molar-refractivity contribution in [3.8, 4) is 0 Å². The van der Waals surface area contributed by atoms with Crippen LogP contribution in [0.3, 0.4) is 0 Å². The highest BCUT2D eigenvalue weighted by Crippen LogP contribution is 2.34. The molecule has 2 N–H and O–H groups in total. The third kappa shape index (κ3) is 2.79. The minimum absolute atomic E-state index is 0.125. The Balaban J connectivity index is 2.10. The second-order valence-electron chi connectivity index (χ2n) is 4.77. The first-order valence-corrected chi connectivity index (χ1v) is 6.23. The van der Waals surface area contributed by atoms with E-state index in [4.69, 9.17) is 11.6 Å². The number of hydrogen-bond donors (Lipinski definition) is 2. The van der Waals surface area contributed by atoms with E-state index in [1.54, 1.807) is 12.1 Å². The van der Waals surface area contributed by atoms with Gasteiger partial charge in [-0.2, -0.15) is 0 Å². The van der Waals surface area contributed by atoms with E-state index in [9.17, 15) is 14.6 Å². The summed E-state index contributed by atoms with van der Waals surface area (Å²) in [7, 11) is 0. The number of hydrogen-bond acceptors (Lipinski definition) is 2. The monoisotopic (exact) mass is 258 g/mol. The average molecular weight is 259 g/mol. The van der Waals surface area contributed by atoms with Gasteiger partial charge < -0.3 is 10.2 Å². The summed E-state index contributed by atoms with van der Waals surface area (Å²) in [5.41, 5.74) is -0.659. The Morgan fingerprint density at radius 2 is 2.00 bits per heavy atom. The summed E-state index contributed by atoms with van der Waals surface area (Å²) in [6.07, 6.45) is 2.21. The Bertz CT molecular complexity index is 402. The molecule has 1 fully saturated rings. The fourth-order valence-corrected chi connectivity index (χ4v) is 2.56. The normalized spacial score (nSPS) is 20.5. The van der Waals surface area contributed by atoms with Crippen molar-refractivity contribution < 1.29 is 14.6 Å². The standard InChI is InChI=1S/C13H16ClFO2/c14-10-4-3-9(11(15)8-10)7-12(16)13(17)5-1-2-6-13/h3-4,8,12,16-17H,1-2,5-7H2. The first kappa shape index (κ1) is 12.8. The van der Waals surface area contributed by atoms with Gasteiger partial charge in [0.2, 0.25) is 0 Å². The summed E-state index contributed by atoms with van der Waals surface area (Å²) in [5, 5.41) is 20.5. The van der Waals surface area contributed by atoms with E-state index in [1.807, 2.05) is 0 Å². The summed E-state index contributed by atoms with van der Waals surface area (Å²) in [6, 6.07) is 4.37. The van der Waals surface area contributed by atoms with Crippen LogP contribution in [0, 0.1) is 5.82 Å². The zero-order valence-corrected chi connectivity index (χ0v) is 10.3. The van der Waals surface area contributed by atoms with Crippen molar-refractivity contribution in [2.45, 2.75) is 43.8 Å². The molecule has 0 aliphatic heterocycles. The van der Waals surface area contributed by atoms with Crippen LogP contribution >= 0.6 is 11.6 Å². The molecule has 2 nitrogen and oxygen atoms in total. The second-order valence-corrected chi connectivity index (χ2v) is 5.20. The SMILES string of the molecule is OC(Cc1ccc(Cl)cc1F)C1(O)CCCC1. The summed E-state index contributed by atoms with van der Waals surface area (Å²) in [4.78, 5) is 0. The smallest absolute Gasteiger partial charge is 0.127 e. The Kier molecular flexibility index (Phi) is 3.71. The third-order valence-electron chi connectivity index (χ3n) is 3.52. The second kappa shape index (κ2) is 4.92.